The predicted octanol–water partition coefficient (Wildman–Crippen LogP) is 4.00. The Morgan fingerprint density at radius 1 is 1.00 bits per heavy atom. The van der Waals surface area contributed by atoms with Crippen LogP contribution in [-0.4, -0.2) is 57.3 Å². The van der Waals surface area contributed by atoms with Crippen LogP contribution in [0.2, 0.25) is 0 Å². The molecule has 2 saturated heterocycles. The zero-order chi connectivity index (χ0) is 23.2. The van der Waals surface area contributed by atoms with Crippen LogP contribution in [0.5, 0.6) is 0 Å². The van der Waals surface area contributed by atoms with Gasteiger partial charge in [0.1, 0.15) is 23.6 Å². The molecule has 0 amide bonds. The number of aromatic nitrogens is 5. The molecule has 3 aromatic rings. The Labute approximate surface area is 186 Å². The third kappa shape index (κ3) is 4.30. The average molecular weight is 467 g/mol. The first kappa shape index (κ1) is 21.8. The summed E-state index contributed by atoms with van der Waals surface area (Å²) in [5.74, 6) is 0.618. The Bertz CT molecular complexity index is 1140. The zero-order valence-electron chi connectivity index (χ0n) is 17.6. The summed E-state index contributed by atoms with van der Waals surface area (Å²) in [5.41, 5.74) is 0.483. The minimum atomic E-state index is -4.47. The van der Waals surface area contributed by atoms with Crippen molar-refractivity contribution in [3.63, 3.8) is 0 Å². The largest absolute Gasteiger partial charge is 0.433 e. The van der Waals surface area contributed by atoms with Crippen molar-refractivity contribution in [3.05, 3.63) is 36.4 Å². The number of halogens is 5. The maximum absolute atomic E-state index is 13.0. The van der Waals surface area contributed by atoms with E-state index in [1.165, 1.54) is 17.1 Å². The van der Waals surface area contributed by atoms with E-state index in [1.54, 1.807) is 12.3 Å². The van der Waals surface area contributed by atoms with Crippen LogP contribution in [0.4, 0.5) is 33.5 Å². The van der Waals surface area contributed by atoms with Crippen LogP contribution in [0.15, 0.2) is 30.7 Å². The minimum absolute atomic E-state index is 0.0210. The molecule has 176 valence electrons. The lowest BCUT2D eigenvalue weighted by Gasteiger charge is -2.39. The van der Waals surface area contributed by atoms with E-state index >= 15 is 0 Å². The van der Waals surface area contributed by atoms with Crippen LogP contribution in [0, 0.1) is 5.41 Å². The van der Waals surface area contributed by atoms with Crippen LogP contribution >= 0.6 is 0 Å². The van der Waals surface area contributed by atoms with Gasteiger partial charge >= 0.3 is 6.18 Å². The SMILES string of the molecule is FC(F)Cn1ncc2ncc(N3CCC4(CCN(c5ccnc(C(F)(F)F)c5)C4)CC3)nc21. The molecule has 0 aromatic carbocycles. The summed E-state index contributed by atoms with van der Waals surface area (Å²) >= 11 is 0. The monoisotopic (exact) mass is 467 g/mol. The van der Waals surface area contributed by atoms with Gasteiger partial charge in [-0.2, -0.15) is 18.3 Å². The fourth-order valence-electron chi connectivity index (χ4n) is 4.80. The molecule has 12 heteroatoms. The molecular formula is C21H22F5N7. The minimum Gasteiger partial charge on any atom is -0.371 e. The normalized spacial score (nSPS) is 18.7. The summed E-state index contributed by atoms with van der Waals surface area (Å²) in [6.07, 6.45) is -0.123. The van der Waals surface area contributed by atoms with Crippen molar-refractivity contribution in [3.8, 4) is 0 Å². The van der Waals surface area contributed by atoms with Gasteiger partial charge in [-0.05, 0) is 36.8 Å². The molecule has 0 bridgehead atoms. The van der Waals surface area contributed by atoms with E-state index in [9.17, 15) is 22.0 Å². The van der Waals surface area contributed by atoms with Crippen LogP contribution in [0.3, 0.4) is 0 Å². The summed E-state index contributed by atoms with van der Waals surface area (Å²) < 4.78 is 65.9. The Hall–Kier alpha value is -3.05. The van der Waals surface area contributed by atoms with E-state index in [4.69, 9.17) is 0 Å². The lowest BCUT2D eigenvalue weighted by Crippen LogP contribution is -2.42. The van der Waals surface area contributed by atoms with Gasteiger partial charge in [-0.15, -0.1) is 0 Å². The van der Waals surface area contributed by atoms with Crippen LogP contribution in [0.1, 0.15) is 25.0 Å². The van der Waals surface area contributed by atoms with Gasteiger partial charge in [0.15, 0.2) is 5.65 Å². The molecule has 2 aliphatic heterocycles. The molecule has 2 aliphatic rings. The predicted molar refractivity (Wildman–Crippen MR) is 111 cm³/mol. The summed E-state index contributed by atoms with van der Waals surface area (Å²) in [6, 6.07) is 2.73. The number of nitrogens with zero attached hydrogens (tertiary/aromatic N) is 7. The molecule has 0 atom stereocenters. The average Bonchev–Trinajstić information content (AvgIpc) is 3.38. The topological polar surface area (TPSA) is 63.0 Å². The van der Waals surface area contributed by atoms with Crippen molar-refractivity contribution < 1.29 is 22.0 Å². The molecule has 2 fully saturated rings. The second kappa shape index (κ2) is 8.07. The van der Waals surface area contributed by atoms with Crippen molar-refractivity contribution in [1.29, 1.82) is 0 Å². The van der Waals surface area contributed by atoms with E-state index in [1.807, 2.05) is 4.90 Å². The van der Waals surface area contributed by atoms with E-state index in [0.717, 1.165) is 25.3 Å². The maximum atomic E-state index is 13.0. The molecule has 1 spiro atoms. The smallest absolute Gasteiger partial charge is 0.371 e. The van der Waals surface area contributed by atoms with E-state index in [2.05, 4.69) is 25.0 Å². The summed E-state index contributed by atoms with van der Waals surface area (Å²) in [4.78, 5) is 16.4. The number of pyridine rings is 1. The van der Waals surface area contributed by atoms with E-state index in [-0.39, 0.29) is 5.41 Å². The molecule has 7 nitrogen and oxygen atoms in total. The van der Waals surface area contributed by atoms with Gasteiger partial charge < -0.3 is 9.80 Å². The van der Waals surface area contributed by atoms with Crippen LogP contribution in [-0.2, 0) is 12.7 Å². The number of rotatable bonds is 4. The zero-order valence-corrected chi connectivity index (χ0v) is 17.6. The standard InChI is InChI=1S/C21H22F5N7/c22-17(23)12-33-19-15(10-29-33)28-11-18(30-19)31-6-2-20(3-7-31)4-8-32(13-20)14-1-5-27-16(9-14)21(24,25)26/h1,5,9-11,17H,2-4,6-8,12-13H2. The number of alkyl halides is 5. The molecule has 3 aromatic heterocycles. The fraction of sp³-hybridized carbons (Fsp3) is 0.524. The number of anilines is 2. The summed E-state index contributed by atoms with van der Waals surface area (Å²) in [7, 11) is 0. The van der Waals surface area contributed by atoms with Crippen molar-refractivity contribution >= 4 is 22.7 Å². The Balaban J connectivity index is 1.27. The Morgan fingerprint density at radius 3 is 2.42 bits per heavy atom. The van der Waals surface area contributed by atoms with Crippen molar-refractivity contribution in [1.82, 2.24) is 24.7 Å². The van der Waals surface area contributed by atoms with Crippen molar-refractivity contribution in [2.24, 2.45) is 5.41 Å². The molecule has 5 heterocycles. The van der Waals surface area contributed by atoms with Gasteiger partial charge in [-0.3, -0.25) is 4.98 Å². The van der Waals surface area contributed by atoms with Crippen LogP contribution in [0.25, 0.3) is 11.2 Å². The quantitative estimate of drug-likeness (QED) is 0.541. The highest BCUT2D eigenvalue weighted by molar-refractivity contribution is 5.71. The molecule has 0 saturated carbocycles. The van der Waals surface area contributed by atoms with E-state index < -0.39 is 24.8 Å². The summed E-state index contributed by atoms with van der Waals surface area (Å²) in [6.45, 7) is 2.27. The van der Waals surface area contributed by atoms with Crippen molar-refractivity contribution in [2.45, 2.75) is 38.4 Å². The molecule has 0 aliphatic carbocycles. The first-order valence-electron chi connectivity index (χ1n) is 10.7. The van der Waals surface area contributed by atoms with Gasteiger partial charge in [0.05, 0.1) is 12.4 Å². The first-order chi connectivity index (χ1) is 15.7. The van der Waals surface area contributed by atoms with E-state index in [0.29, 0.717) is 48.8 Å². The second-order valence-electron chi connectivity index (χ2n) is 8.71. The molecule has 0 unspecified atom stereocenters. The number of fused-ring (bicyclic) bond motifs is 1. The number of piperidine rings is 1. The third-order valence-electron chi connectivity index (χ3n) is 6.63. The highest BCUT2D eigenvalue weighted by atomic mass is 19.4. The highest BCUT2D eigenvalue weighted by Crippen LogP contribution is 2.43. The van der Waals surface area contributed by atoms with Gasteiger partial charge in [-0.25, -0.2) is 23.4 Å². The van der Waals surface area contributed by atoms with Crippen LogP contribution < -0.4 is 9.80 Å². The molecule has 5 rings (SSSR count). The second-order valence-corrected chi connectivity index (χ2v) is 8.71. The Kier molecular flexibility index (Phi) is 5.32. The third-order valence-corrected chi connectivity index (χ3v) is 6.63. The number of hydrogen-bond donors (Lipinski definition) is 0. The number of hydrogen-bond acceptors (Lipinski definition) is 6. The molecule has 33 heavy (non-hydrogen) atoms. The highest BCUT2D eigenvalue weighted by Gasteiger charge is 2.41. The van der Waals surface area contributed by atoms with Gasteiger partial charge in [0, 0.05) is 38.1 Å². The van der Waals surface area contributed by atoms with Gasteiger partial charge in [0.25, 0.3) is 6.43 Å². The molecule has 0 radical (unpaired) electrons. The Morgan fingerprint density at radius 2 is 1.73 bits per heavy atom. The fourth-order valence-corrected chi connectivity index (χ4v) is 4.80. The molecule has 0 N–H and O–H groups in total. The van der Waals surface area contributed by atoms with Gasteiger partial charge in [0.2, 0.25) is 0 Å². The lowest BCUT2D eigenvalue weighted by molar-refractivity contribution is -0.141. The van der Waals surface area contributed by atoms with Gasteiger partial charge in [-0.1, -0.05) is 0 Å². The summed E-state index contributed by atoms with van der Waals surface area (Å²) in [5, 5.41) is 3.95. The van der Waals surface area contributed by atoms with Crippen molar-refractivity contribution in [2.75, 3.05) is 36.0 Å². The first-order valence-corrected chi connectivity index (χ1v) is 10.7. The maximum Gasteiger partial charge on any atom is 0.433 e. The molecular weight excluding hydrogens is 445 g/mol. The lowest BCUT2D eigenvalue weighted by atomic mass is 9.78.